The molecule has 1 atom stereocenters. The Kier molecular flexibility index (Phi) is 9.52. The molecule has 0 aromatic carbocycles. The molecule has 1 heterocycles. The van der Waals surface area contributed by atoms with Crippen molar-refractivity contribution in [3.05, 3.63) is 0 Å². The predicted molar refractivity (Wildman–Crippen MR) is 81.4 cm³/mol. The van der Waals surface area contributed by atoms with Gasteiger partial charge >= 0.3 is 0 Å². The topological polar surface area (TPSA) is 108 Å². The average molecular weight is 286 g/mol. The van der Waals surface area contributed by atoms with Crippen LogP contribution in [0.15, 0.2) is 0 Å². The average Bonchev–Trinajstić information content (AvgIpc) is 2.81. The second-order valence-electron chi connectivity index (χ2n) is 5.18. The third-order valence-corrected chi connectivity index (χ3v) is 3.46. The quantitative estimate of drug-likeness (QED) is 0.254. The fourth-order valence-corrected chi connectivity index (χ4v) is 2.27. The summed E-state index contributed by atoms with van der Waals surface area (Å²) in [6.07, 6.45) is 0.619. The minimum atomic E-state index is 0.242. The van der Waals surface area contributed by atoms with Gasteiger partial charge in [0.25, 0.3) is 0 Å². The van der Waals surface area contributed by atoms with Gasteiger partial charge in [0.15, 0.2) is 0 Å². The molecule has 1 rings (SSSR count). The Morgan fingerprint density at radius 2 is 1.60 bits per heavy atom. The third kappa shape index (κ3) is 7.16. The van der Waals surface area contributed by atoms with Gasteiger partial charge in [0.2, 0.25) is 5.91 Å². The molecule has 0 bridgehead atoms. The van der Waals surface area contributed by atoms with E-state index in [0.29, 0.717) is 25.4 Å². The van der Waals surface area contributed by atoms with Gasteiger partial charge in [-0.3, -0.25) is 4.79 Å². The van der Waals surface area contributed by atoms with Crippen LogP contribution in [0.25, 0.3) is 0 Å². The molecule has 0 spiro atoms. The molecule has 1 fully saturated rings. The van der Waals surface area contributed by atoms with E-state index in [2.05, 4.69) is 16.0 Å². The lowest BCUT2D eigenvalue weighted by molar-refractivity contribution is -0.127. The number of rotatable bonds is 12. The number of carbonyl (C=O) groups is 1. The summed E-state index contributed by atoms with van der Waals surface area (Å²) in [4.78, 5) is 13.6. The maximum atomic E-state index is 11.6. The zero-order valence-corrected chi connectivity index (χ0v) is 12.4. The Hall–Kier alpha value is -0.730. The van der Waals surface area contributed by atoms with E-state index < -0.39 is 0 Å². The Labute approximate surface area is 121 Å². The minimum absolute atomic E-state index is 0.242. The van der Waals surface area contributed by atoms with E-state index in [-0.39, 0.29) is 5.91 Å². The molecular weight excluding hydrogens is 256 g/mol. The van der Waals surface area contributed by atoms with Gasteiger partial charge in [-0.05, 0) is 12.5 Å². The predicted octanol–water partition coefficient (Wildman–Crippen LogP) is -2.48. The van der Waals surface area contributed by atoms with Crippen LogP contribution in [0.4, 0.5) is 0 Å². The summed E-state index contributed by atoms with van der Waals surface area (Å²) in [7, 11) is 0. The van der Waals surface area contributed by atoms with Crippen LogP contribution in [0.1, 0.15) is 6.42 Å². The Bertz CT molecular complexity index is 263. The summed E-state index contributed by atoms with van der Waals surface area (Å²) < 4.78 is 0. The van der Waals surface area contributed by atoms with Gasteiger partial charge in [-0.25, -0.2) is 0 Å². The smallest absolute Gasteiger partial charge is 0.223 e. The molecule has 20 heavy (non-hydrogen) atoms. The molecule has 1 saturated heterocycles. The molecule has 7 heteroatoms. The lowest BCUT2D eigenvalue weighted by Gasteiger charge is -2.16. The van der Waals surface area contributed by atoms with Gasteiger partial charge in [-0.1, -0.05) is 0 Å². The number of likely N-dealkylation sites (tertiary alicyclic amines) is 1. The van der Waals surface area contributed by atoms with Crippen molar-refractivity contribution in [3.63, 3.8) is 0 Å². The molecule has 0 aromatic heterocycles. The van der Waals surface area contributed by atoms with Crippen LogP contribution in [0, 0.1) is 5.92 Å². The van der Waals surface area contributed by atoms with Crippen LogP contribution in [-0.2, 0) is 4.79 Å². The first-order chi connectivity index (χ1) is 9.77. The number of nitrogens with zero attached hydrogens (tertiary/aromatic N) is 1. The highest BCUT2D eigenvalue weighted by Crippen LogP contribution is 2.15. The molecule has 0 aromatic rings. The highest BCUT2D eigenvalue weighted by atomic mass is 16.2. The first-order valence-corrected chi connectivity index (χ1v) is 7.58. The number of hydrogen-bond acceptors (Lipinski definition) is 6. The van der Waals surface area contributed by atoms with Crippen LogP contribution < -0.4 is 27.4 Å². The fraction of sp³-hybridized carbons (Fsp3) is 0.923. The van der Waals surface area contributed by atoms with Gasteiger partial charge in [0.05, 0.1) is 0 Å². The number of nitrogens with two attached hydrogens (primary N) is 2. The molecule has 1 unspecified atom stereocenters. The van der Waals surface area contributed by atoms with Gasteiger partial charge in [-0.15, -0.1) is 0 Å². The van der Waals surface area contributed by atoms with Crippen molar-refractivity contribution in [2.75, 3.05) is 65.4 Å². The lowest BCUT2D eigenvalue weighted by atomic mass is 10.1. The first-order valence-electron chi connectivity index (χ1n) is 7.58. The fourth-order valence-electron chi connectivity index (χ4n) is 2.27. The maximum Gasteiger partial charge on any atom is 0.223 e. The Balaban J connectivity index is 1.86. The van der Waals surface area contributed by atoms with E-state index >= 15 is 0 Å². The van der Waals surface area contributed by atoms with Gasteiger partial charge in [-0.2, -0.15) is 0 Å². The molecule has 1 aliphatic heterocycles. The highest BCUT2D eigenvalue weighted by Gasteiger charge is 2.27. The van der Waals surface area contributed by atoms with Crippen LogP contribution in [0.5, 0.6) is 0 Å². The Morgan fingerprint density at radius 3 is 2.15 bits per heavy atom. The van der Waals surface area contributed by atoms with Crippen molar-refractivity contribution >= 4 is 5.91 Å². The molecule has 7 nitrogen and oxygen atoms in total. The van der Waals surface area contributed by atoms with Crippen molar-refractivity contribution in [1.82, 2.24) is 20.9 Å². The van der Waals surface area contributed by atoms with Crippen molar-refractivity contribution in [2.45, 2.75) is 6.42 Å². The summed E-state index contributed by atoms with van der Waals surface area (Å²) in [5.41, 5.74) is 11.0. The molecule has 1 amide bonds. The zero-order valence-electron chi connectivity index (χ0n) is 12.4. The van der Waals surface area contributed by atoms with E-state index in [4.69, 9.17) is 11.5 Å². The summed E-state index contributed by atoms with van der Waals surface area (Å²) in [6, 6.07) is 0. The minimum Gasteiger partial charge on any atom is -0.341 e. The van der Waals surface area contributed by atoms with Crippen LogP contribution in [-0.4, -0.2) is 76.3 Å². The number of hydrogen-bond donors (Lipinski definition) is 5. The van der Waals surface area contributed by atoms with E-state index in [0.717, 1.165) is 52.4 Å². The van der Waals surface area contributed by atoms with Crippen LogP contribution >= 0.6 is 0 Å². The normalized spacial score (nSPS) is 19.0. The molecule has 118 valence electrons. The van der Waals surface area contributed by atoms with Crippen molar-refractivity contribution < 1.29 is 4.79 Å². The monoisotopic (exact) mass is 286 g/mol. The molecular formula is C13H30N6O. The third-order valence-electron chi connectivity index (χ3n) is 3.46. The lowest BCUT2D eigenvalue weighted by Crippen LogP contribution is -2.37. The van der Waals surface area contributed by atoms with Crippen molar-refractivity contribution in [3.8, 4) is 0 Å². The molecule has 0 radical (unpaired) electrons. The Morgan fingerprint density at radius 1 is 1.00 bits per heavy atom. The first kappa shape index (κ1) is 17.3. The van der Waals surface area contributed by atoms with E-state index in [1.54, 1.807) is 0 Å². The second-order valence-corrected chi connectivity index (χ2v) is 5.18. The van der Waals surface area contributed by atoms with E-state index in [1.165, 1.54) is 0 Å². The van der Waals surface area contributed by atoms with Crippen LogP contribution in [0.3, 0.4) is 0 Å². The molecule has 0 saturated carbocycles. The standard InChI is InChI=1S/C13H30N6O/c14-1-2-16-3-4-17-5-6-18-7-8-19-11-12(10-15)9-13(19)20/h12,16-18H,1-11,14-15H2. The molecule has 7 N–H and O–H groups in total. The largest absolute Gasteiger partial charge is 0.341 e. The maximum absolute atomic E-state index is 11.6. The molecule has 1 aliphatic rings. The van der Waals surface area contributed by atoms with Crippen LogP contribution in [0.2, 0.25) is 0 Å². The highest BCUT2D eigenvalue weighted by molar-refractivity contribution is 5.78. The van der Waals surface area contributed by atoms with Gasteiger partial charge < -0.3 is 32.3 Å². The van der Waals surface area contributed by atoms with Gasteiger partial charge in [0.1, 0.15) is 0 Å². The summed E-state index contributed by atoms with van der Waals surface area (Å²) >= 11 is 0. The second kappa shape index (κ2) is 11.0. The number of amides is 1. The molecule has 0 aliphatic carbocycles. The van der Waals surface area contributed by atoms with Crippen molar-refractivity contribution in [2.24, 2.45) is 17.4 Å². The van der Waals surface area contributed by atoms with Crippen molar-refractivity contribution in [1.29, 1.82) is 0 Å². The van der Waals surface area contributed by atoms with Gasteiger partial charge in [0, 0.05) is 65.3 Å². The van der Waals surface area contributed by atoms with E-state index in [9.17, 15) is 4.79 Å². The number of carbonyl (C=O) groups excluding carboxylic acids is 1. The summed E-state index contributed by atoms with van der Waals surface area (Å²) in [5, 5.41) is 9.90. The summed E-state index contributed by atoms with van der Waals surface area (Å²) in [6.45, 7) is 8.35. The van der Waals surface area contributed by atoms with E-state index in [1.807, 2.05) is 4.90 Å². The zero-order chi connectivity index (χ0) is 14.6. The SMILES string of the molecule is NCCNCCNCCNCCN1CC(CN)CC1=O. The number of nitrogens with one attached hydrogen (secondary N) is 3. The summed E-state index contributed by atoms with van der Waals surface area (Å²) in [5.74, 6) is 0.594.